The Morgan fingerprint density at radius 1 is 1.25 bits per heavy atom. The second kappa shape index (κ2) is 4.61. The summed E-state index contributed by atoms with van der Waals surface area (Å²) in [5, 5.41) is 2.69. The summed E-state index contributed by atoms with van der Waals surface area (Å²) in [6.45, 7) is 0. The van der Waals surface area contributed by atoms with Crippen molar-refractivity contribution in [2.24, 2.45) is 0 Å². The first-order valence-electron chi connectivity index (χ1n) is 4.91. The lowest BCUT2D eigenvalue weighted by atomic mass is 10.2. The number of aromatic nitrogens is 1. The third-order valence-corrected chi connectivity index (χ3v) is 2.16. The number of carbonyl (C=O) groups excluding carboxylic acids is 1. The fraction of sp³-hybridized carbons (Fsp3) is 0.0833. The summed E-state index contributed by atoms with van der Waals surface area (Å²) < 4.78 is 12.6. The molecule has 0 aliphatic heterocycles. The third kappa shape index (κ3) is 2.70. The van der Waals surface area contributed by atoms with E-state index in [1.807, 2.05) is 6.07 Å². The van der Waals surface area contributed by atoms with Crippen LogP contribution >= 0.6 is 0 Å². The Kier molecular flexibility index (Phi) is 3.00. The minimum atomic E-state index is -0.316. The smallest absolute Gasteiger partial charge is 0.228 e. The number of carbonyl (C=O) groups is 1. The number of rotatable bonds is 3. The Morgan fingerprint density at radius 3 is 2.62 bits per heavy atom. The molecule has 82 valence electrons. The van der Waals surface area contributed by atoms with Crippen LogP contribution in [0.5, 0.6) is 0 Å². The zero-order valence-corrected chi connectivity index (χ0v) is 8.53. The van der Waals surface area contributed by atoms with Crippen LogP contribution in [0, 0.1) is 5.82 Å². The van der Waals surface area contributed by atoms with Crippen LogP contribution in [0.2, 0.25) is 0 Å². The Hall–Kier alpha value is -2.10. The molecule has 1 amide bonds. The quantitative estimate of drug-likeness (QED) is 0.816. The Labute approximate surface area is 92.3 Å². The van der Waals surface area contributed by atoms with Crippen molar-refractivity contribution in [1.29, 1.82) is 0 Å². The predicted octanol–water partition coefficient (Wildman–Crippen LogP) is 2.33. The van der Waals surface area contributed by atoms with Gasteiger partial charge in [0.2, 0.25) is 5.91 Å². The Bertz CT molecular complexity index is 462. The van der Waals surface area contributed by atoms with Crippen molar-refractivity contribution >= 4 is 11.6 Å². The van der Waals surface area contributed by atoms with Crippen LogP contribution in [0.25, 0.3) is 0 Å². The monoisotopic (exact) mass is 218 g/mol. The van der Waals surface area contributed by atoms with Crippen molar-refractivity contribution in [3.63, 3.8) is 0 Å². The van der Waals surface area contributed by atoms with E-state index in [0.29, 0.717) is 12.1 Å². The molecule has 2 N–H and O–H groups in total. The van der Waals surface area contributed by atoms with E-state index in [1.54, 1.807) is 12.4 Å². The molecule has 2 aromatic rings. The van der Waals surface area contributed by atoms with E-state index in [-0.39, 0.29) is 11.7 Å². The van der Waals surface area contributed by atoms with Gasteiger partial charge in [-0.05, 0) is 35.9 Å². The van der Waals surface area contributed by atoms with Crippen molar-refractivity contribution in [3.05, 3.63) is 54.1 Å². The molecular formula is C12H11FN2O. The van der Waals surface area contributed by atoms with E-state index in [9.17, 15) is 9.18 Å². The van der Waals surface area contributed by atoms with Gasteiger partial charge in [0, 0.05) is 18.1 Å². The number of benzene rings is 1. The largest absolute Gasteiger partial charge is 0.367 e. The van der Waals surface area contributed by atoms with Gasteiger partial charge in [-0.1, -0.05) is 0 Å². The first-order valence-corrected chi connectivity index (χ1v) is 4.91. The van der Waals surface area contributed by atoms with E-state index in [2.05, 4.69) is 10.3 Å². The van der Waals surface area contributed by atoms with Crippen molar-refractivity contribution in [2.75, 3.05) is 5.32 Å². The normalized spacial score (nSPS) is 10.1. The van der Waals surface area contributed by atoms with E-state index in [0.717, 1.165) is 5.56 Å². The molecule has 0 spiro atoms. The van der Waals surface area contributed by atoms with Gasteiger partial charge in [-0.25, -0.2) is 4.39 Å². The molecule has 1 aromatic heterocycles. The molecule has 0 saturated heterocycles. The second-order valence-corrected chi connectivity index (χ2v) is 3.45. The van der Waals surface area contributed by atoms with Gasteiger partial charge in [0.25, 0.3) is 0 Å². The highest BCUT2D eigenvalue weighted by Crippen LogP contribution is 2.09. The van der Waals surface area contributed by atoms with E-state index < -0.39 is 0 Å². The van der Waals surface area contributed by atoms with Crippen molar-refractivity contribution < 1.29 is 9.18 Å². The molecule has 0 fully saturated rings. The number of hydrogen-bond acceptors (Lipinski definition) is 1. The standard InChI is InChI=1S/C12H11FN2O/c13-10-1-3-11(4-2-10)15-12(16)7-9-5-6-14-8-9/h1-6,8,14H,7H2,(H,15,16). The van der Waals surface area contributed by atoms with Gasteiger partial charge >= 0.3 is 0 Å². The van der Waals surface area contributed by atoms with Crippen molar-refractivity contribution in [2.45, 2.75) is 6.42 Å². The third-order valence-electron chi connectivity index (χ3n) is 2.16. The number of anilines is 1. The number of hydrogen-bond donors (Lipinski definition) is 2. The first kappa shape index (κ1) is 10.4. The first-order chi connectivity index (χ1) is 7.74. The molecule has 2 rings (SSSR count). The molecule has 4 heteroatoms. The van der Waals surface area contributed by atoms with Gasteiger partial charge < -0.3 is 10.3 Å². The summed E-state index contributed by atoms with van der Waals surface area (Å²) in [4.78, 5) is 14.4. The van der Waals surface area contributed by atoms with Crippen LogP contribution in [-0.4, -0.2) is 10.9 Å². The van der Waals surface area contributed by atoms with Gasteiger partial charge in [-0.2, -0.15) is 0 Å². The molecule has 0 radical (unpaired) electrons. The Morgan fingerprint density at radius 2 is 2.00 bits per heavy atom. The van der Waals surface area contributed by atoms with Crippen molar-refractivity contribution in [3.8, 4) is 0 Å². The summed E-state index contributed by atoms with van der Waals surface area (Å²) in [7, 11) is 0. The van der Waals surface area contributed by atoms with Gasteiger partial charge in [0.05, 0.1) is 6.42 Å². The fourth-order valence-electron chi connectivity index (χ4n) is 1.39. The van der Waals surface area contributed by atoms with Crippen LogP contribution in [0.4, 0.5) is 10.1 Å². The number of amides is 1. The summed E-state index contributed by atoms with van der Waals surface area (Å²) >= 11 is 0. The lowest BCUT2D eigenvalue weighted by Crippen LogP contribution is -2.13. The summed E-state index contributed by atoms with van der Waals surface area (Å²) in [6, 6.07) is 7.52. The molecule has 1 heterocycles. The zero-order valence-electron chi connectivity index (χ0n) is 8.53. The minimum absolute atomic E-state index is 0.119. The van der Waals surface area contributed by atoms with E-state index >= 15 is 0 Å². The topological polar surface area (TPSA) is 44.9 Å². The SMILES string of the molecule is O=C(Cc1cc[nH]c1)Nc1ccc(F)cc1. The zero-order chi connectivity index (χ0) is 11.4. The highest BCUT2D eigenvalue weighted by molar-refractivity contribution is 5.92. The van der Waals surface area contributed by atoms with Gasteiger partial charge in [-0.3, -0.25) is 4.79 Å². The Balaban J connectivity index is 1.95. The molecule has 0 unspecified atom stereocenters. The number of H-pyrrole nitrogens is 1. The minimum Gasteiger partial charge on any atom is -0.367 e. The average molecular weight is 218 g/mol. The molecule has 16 heavy (non-hydrogen) atoms. The van der Waals surface area contributed by atoms with Gasteiger partial charge in [0.15, 0.2) is 0 Å². The van der Waals surface area contributed by atoms with Crippen molar-refractivity contribution in [1.82, 2.24) is 4.98 Å². The lowest BCUT2D eigenvalue weighted by molar-refractivity contribution is -0.115. The van der Waals surface area contributed by atoms with E-state index in [1.165, 1.54) is 24.3 Å². The van der Waals surface area contributed by atoms with Crippen LogP contribution in [0.15, 0.2) is 42.7 Å². The molecule has 3 nitrogen and oxygen atoms in total. The molecule has 0 bridgehead atoms. The van der Waals surface area contributed by atoms with E-state index in [4.69, 9.17) is 0 Å². The average Bonchev–Trinajstić information content (AvgIpc) is 2.74. The number of halogens is 1. The summed E-state index contributed by atoms with van der Waals surface area (Å²) in [5.41, 5.74) is 1.52. The highest BCUT2D eigenvalue weighted by atomic mass is 19.1. The second-order valence-electron chi connectivity index (χ2n) is 3.45. The summed E-state index contributed by atoms with van der Waals surface area (Å²) in [6.07, 6.45) is 3.84. The highest BCUT2D eigenvalue weighted by Gasteiger charge is 2.04. The maximum Gasteiger partial charge on any atom is 0.228 e. The molecule has 0 atom stereocenters. The summed E-state index contributed by atoms with van der Waals surface area (Å²) in [5.74, 6) is -0.435. The number of nitrogens with one attached hydrogen (secondary N) is 2. The van der Waals surface area contributed by atoms with Gasteiger partial charge in [-0.15, -0.1) is 0 Å². The lowest BCUT2D eigenvalue weighted by Gasteiger charge is -2.03. The van der Waals surface area contributed by atoms with Crippen LogP contribution in [0.3, 0.4) is 0 Å². The van der Waals surface area contributed by atoms with Gasteiger partial charge in [0.1, 0.15) is 5.82 Å². The molecule has 0 aliphatic rings. The van der Waals surface area contributed by atoms with Crippen LogP contribution in [0.1, 0.15) is 5.56 Å². The maximum atomic E-state index is 12.6. The van der Waals surface area contributed by atoms with Crippen LogP contribution in [-0.2, 0) is 11.2 Å². The molecule has 0 saturated carbocycles. The molecule has 0 aliphatic carbocycles. The fourth-order valence-corrected chi connectivity index (χ4v) is 1.39. The molecular weight excluding hydrogens is 207 g/mol. The molecule has 1 aromatic carbocycles. The number of aromatic amines is 1. The van der Waals surface area contributed by atoms with Crippen LogP contribution < -0.4 is 5.32 Å². The maximum absolute atomic E-state index is 12.6. The predicted molar refractivity (Wildman–Crippen MR) is 59.5 cm³/mol.